The third-order valence-corrected chi connectivity index (χ3v) is 3.89. The number of benzene rings is 1. The highest BCUT2D eigenvalue weighted by Crippen LogP contribution is 2.23. The fourth-order valence-corrected chi connectivity index (χ4v) is 2.52. The molecule has 0 fully saturated rings. The van der Waals surface area contributed by atoms with Crippen molar-refractivity contribution in [1.82, 2.24) is 15.2 Å². The summed E-state index contributed by atoms with van der Waals surface area (Å²) in [5.41, 5.74) is 1.41. The molecule has 0 saturated carbocycles. The summed E-state index contributed by atoms with van der Waals surface area (Å²) >= 11 is 1.21. The number of pyridine rings is 1. The highest BCUT2D eigenvalue weighted by Gasteiger charge is 2.12. The minimum absolute atomic E-state index is 0.0127. The molecule has 0 aliphatic carbocycles. The summed E-state index contributed by atoms with van der Waals surface area (Å²) < 4.78 is 10.6. The average Bonchev–Trinajstić information content (AvgIpc) is 3.09. The number of Topliss-reactive ketones (excluding diaryl/α,β-unsaturated/α-hetero) is 1. The number of rotatable bonds is 6. The van der Waals surface area contributed by atoms with Crippen molar-refractivity contribution >= 4 is 17.5 Å². The number of carbonyl (C=O) groups is 1. The summed E-state index contributed by atoms with van der Waals surface area (Å²) in [6.07, 6.45) is 3.30. The summed E-state index contributed by atoms with van der Waals surface area (Å²) in [6.45, 7) is 0. The molecule has 0 atom stereocenters. The van der Waals surface area contributed by atoms with Gasteiger partial charge in [-0.1, -0.05) is 11.8 Å². The zero-order chi connectivity index (χ0) is 16.1. The molecule has 0 amide bonds. The number of ether oxygens (including phenoxy) is 1. The van der Waals surface area contributed by atoms with Crippen LogP contribution in [-0.2, 0) is 0 Å². The number of aromatic nitrogens is 3. The van der Waals surface area contributed by atoms with E-state index in [0.717, 1.165) is 5.56 Å². The van der Waals surface area contributed by atoms with Gasteiger partial charge in [0.2, 0.25) is 5.89 Å². The molecule has 0 spiro atoms. The van der Waals surface area contributed by atoms with Crippen molar-refractivity contribution in [2.45, 2.75) is 5.22 Å². The maximum atomic E-state index is 12.1. The molecule has 0 bridgehead atoms. The van der Waals surface area contributed by atoms with Crippen molar-refractivity contribution in [3.8, 4) is 17.2 Å². The van der Waals surface area contributed by atoms with E-state index in [1.807, 2.05) is 0 Å². The lowest BCUT2D eigenvalue weighted by molar-refractivity contribution is 0.102. The van der Waals surface area contributed by atoms with Crippen LogP contribution in [0.25, 0.3) is 11.5 Å². The Hall–Kier alpha value is -2.67. The van der Waals surface area contributed by atoms with E-state index in [9.17, 15) is 4.79 Å². The molecule has 23 heavy (non-hydrogen) atoms. The molecule has 7 heteroatoms. The minimum Gasteiger partial charge on any atom is -0.497 e. The normalized spacial score (nSPS) is 10.5. The van der Waals surface area contributed by atoms with Gasteiger partial charge < -0.3 is 9.15 Å². The van der Waals surface area contributed by atoms with Crippen molar-refractivity contribution in [3.63, 3.8) is 0 Å². The lowest BCUT2D eigenvalue weighted by atomic mass is 10.1. The van der Waals surface area contributed by atoms with E-state index in [1.165, 1.54) is 11.8 Å². The van der Waals surface area contributed by atoms with Crippen LogP contribution in [0.4, 0.5) is 0 Å². The zero-order valence-corrected chi connectivity index (χ0v) is 13.1. The van der Waals surface area contributed by atoms with Crippen molar-refractivity contribution < 1.29 is 13.9 Å². The van der Waals surface area contributed by atoms with Crippen LogP contribution in [0.1, 0.15) is 10.4 Å². The molecule has 0 radical (unpaired) electrons. The van der Waals surface area contributed by atoms with Crippen LogP contribution < -0.4 is 4.74 Å². The first-order valence-electron chi connectivity index (χ1n) is 6.80. The second-order valence-electron chi connectivity index (χ2n) is 4.55. The fraction of sp³-hybridized carbons (Fsp3) is 0.125. The predicted molar refractivity (Wildman–Crippen MR) is 85.6 cm³/mol. The third-order valence-electron chi connectivity index (χ3n) is 3.07. The van der Waals surface area contributed by atoms with Gasteiger partial charge in [-0.3, -0.25) is 9.78 Å². The molecule has 2 heterocycles. The highest BCUT2D eigenvalue weighted by atomic mass is 32.2. The Bertz CT molecular complexity index is 788. The molecule has 116 valence electrons. The molecule has 1 aromatic carbocycles. The highest BCUT2D eigenvalue weighted by molar-refractivity contribution is 7.99. The number of hydrogen-bond acceptors (Lipinski definition) is 7. The number of nitrogens with zero attached hydrogens (tertiary/aromatic N) is 3. The molecule has 0 aliphatic rings. The summed E-state index contributed by atoms with van der Waals surface area (Å²) in [5.74, 6) is 1.34. The second-order valence-corrected chi connectivity index (χ2v) is 5.48. The first-order valence-corrected chi connectivity index (χ1v) is 7.79. The van der Waals surface area contributed by atoms with Gasteiger partial charge in [0.25, 0.3) is 5.22 Å². The van der Waals surface area contributed by atoms with Gasteiger partial charge in [0.15, 0.2) is 5.78 Å². The Morgan fingerprint density at radius 3 is 2.57 bits per heavy atom. The smallest absolute Gasteiger partial charge is 0.277 e. The summed E-state index contributed by atoms with van der Waals surface area (Å²) in [5, 5.41) is 8.27. The molecule has 0 N–H and O–H groups in total. The first-order chi connectivity index (χ1) is 11.3. The van der Waals surface area contributed by atoms with E-state index in [1.54, 1.807) is 55.9 Å². The van der Waals surface area contributed by atoms with Crippen LogP contribution in [0, 0.1) is 0 Å². The van der Waals surface area contributed by atoms with E-state index < -0.39 is 0 Å². The monoisotopic (exact) mass is 327 g/mol. The van der Waals surface area contributed by atoms with Crippen LogP contribution >= 0.6 is 11.8 Å². The Morgan fingerprint density at radius 2 is 1.87 bits per heavy atom. The number of ketones is 1. The number of hydrogen-bond donors (Lipinski definition) is 0. The van der Waals surface area contributed by atoms with Gasteiger partial charge in [0, 0.05) is 23.5 Å². The Labute approximate surface area is 136 Å². The first kappa shape index (κ1) is 15.2. The van der Waals surface area contributed by atoms with Gasteiger partial charge in [-0.15, -0.1) is 10.2 Å². The lowest BCUT2D eigenvalue weighted by Gasteiger charge is -2.01. The SMILES string of the molecule is COc1ccc(C(=O)CSc2nnc(-c3ccncc3)o2)cc1. The number of thioether (sulfide) groups is 1. The summed E-state index contributed by atoms with van der Waals surface area (Å²) in [4.78, 5) is 16.1. The van der Waals surface area contributed by atoms with Gasteiger partial charge in [-0.2, -0.15) is 0 Å². The van der Waals surface area contributed by atoms with E-state index in [2.05, 4.69) is 15.2 Å². The molecule has 6 nitrogen and oxygen atoms in total. The van der Waals surface area contributed by atoms with Crippen LogP contribution in [0.3, 0.4) is 0 Å². The van der Waals surface area contributed by atoms with E-state index >= 15 is 0 Å². The van der Waals surface area contributed by atoms with Crippen LogP contribution in [0.15, 0.2) is 58.4 Å². The largest absolute Gasteiger partial charge is 0.497 e. The Balaban J connectivity index is 1.62. The van der Waals surface area contributed by atoms with Crippen molar-refractivity contribution in [1.29, 1.82) is 0 Å². The zero-order valence-electron chi connectivity index (χ0n) is 12.3. The molecular weight excluding hydrogens is 314 g/mol. The van der Waals surface area contributed by atoms with E-state index in [0.29, 0.717) is 22.4 Å². The van der Waals surface area contributed by atoms with Crippen LogP contribution in [0.2, 0.25) is 0 Å². The Morgan fingerprint density at radius 1 is 1.13 bits per heavy atom. The van der Waals surface area contributed by atoms with Gasteiger partial charge in [-0.05, 0) is 36.4 Å². The Kier molecular flexibility index (Phi) is 4.68. The van der Waals surface area contributed by atoms with Crippen molar-refractivity contribution in [2.24, 2.45) is 0 Å². The fourth-order valence-electron chi connectivity index (χ4n) is 1.87. The predicted octanol–water partition coefficient (Wildman–Crippen LogP) is 3.12. The molecule has 0 aliphatic heterocycles. The quantitative estimate of drug-likeness (QED) is 0.508. The van der Waals surface area contributed by atoms with Gasteiger partial charge in [0.1, 0.15) is 5.75 Å². The molecule has 3 rings (SSSR count). The molecule has 2 aromatic heterocycles. The lowest BCUT2D eigenvalue weighted by Crippen LogP contribution is -2.02. The summed E-state index contributed by atoms with van der Waals surface area (Å²) in [7, 11) is 1.59. The van der Waals surface area contributed by atoms with Crippen molar-refractivity contribution in [2.75, 3.05) is 12.9 Å². The second kappa shape index (κ2) is 7.06. The maximum absolute atomic E-state index is 12.1. The summed E-state index contributed by atoms with van der Waals surface area (Å²) in [6, 6.07) is 10.5. The average molecular weight is 327 g/mol. The molecule has 3 aromatic rings. The van der Waals surface area contributed by atoms with Gasteiger partial charge in [-0.25, -0.2) is 0 Å². The van der Waals surface area contributed by atoms with Crippen LogP contribution in [0.5, 0.6) is 5.75 Å². The number of methoxy groups -OCH3 is 1. The standard InChI is InChI=1S/C16H13N3O3S/c1-21-13-4-2-11(3-5-13)14(20)10-23-16-19-18-15(22-16)12-6-8-17-9-7-12/h2-9H,10H2,1H3. The topological polar surface area (TPSA) is 78.1 Å². The van der Waals surface area contributed by atoms with Gasteiger partial charge in [0.05, 0.1) is 12.9 Å². The molecule has 0 unspecified atom stereocenters. The van der Waals surface area contributed by atoms with Crippen molar-refractivity contribution in [3.05, 3.63) is 54.4 Å². The molecule has 0 saturated heterocycles. The van der Waals surface area contributed by atoms with E-state index in [-0.39, 0.29) is 11.5 Å². The van der Waals surface area contributed by atoms with Gasteiger partial charge >= 0.3 is 0 Å². The number of carbonyl (C=O) groups excluding carboxylic acids is 1. The van der Waals surface area contributed by atoms with E-state index in [4.69, 9.17) is 9.15 Å². The molecular formula is C16H13N3O3S. The minimum atomic E-state index is -0.0127. The maximum Gasteiger partial charge on any atom is 0.277 e. The van der Waals surface area contributed by atoms with Crippen LogP contribution in [-0.4, -0.2) is 33.8 Å². The third kappa shape index (κ3) is 3.75.